The van der Waals surface area contributed by atoms with E-state index in [1.165, 1.54) is 18.2 Å². The van der Waals surface area contributed by atoms with Crippen molar-refractivity contribution in [2.24, 2.45) is 0 Å². The summed E-state index contributed by atoms with van der Waals surface area (Å²) in [5.41, 5.74) is 5.90. The van der Waals surface area contributed by atoms with Gasteiger partial charge in [-0.05, 0) is 31.0 Å². The second-order valence-electron chi connectivity index (χ2n) is 7.90. The minimum Gasteiger partial charge on any atom is -0.427 e. The Kier molecular flexibility index (Phi) is 6.57. The molecule has 1 unspecified atom stereocenters. The highest BCUT2D eigenvalue weighted by molar-refractivity contribution is 6.00. The lowest BCUT2D eigenvalue weighted by atomic mass is 10.1. The average molecular weight is 483 g/mol. The molecule has 0 spiro atoms. The molecule has 1 fully saturated rings. The Morgan fingerprint density at radius 2 is 2.03 bits per heavy atom. The molecule has 12 nitrogen and oxygen atoms in total. The summed E-state index contributed by atoms with van der Waals surface area (Å²) >= 11 is 0. The van der Waals surface area contributed by atoms with Gasteiger partial charge in [-0.2, -0.15) is 5.10 Å². The van der Waals surface area contributed by atoms with E-state index in [-0.39, 0.29) is 47.4 Å². The quantitative estimate of drug-likeness (QED) is 0.304. The number of aromatic nitrogens is 3. The van der Waals surface area contributed by atoms with Crippen LogP contribution < -0.4 is 21.1 Å². The lowest BCUT2D eigenvalue weighted by Gasteiger charge is -2.33. The van der Waals surface area contributed by atoms with E-state index < -0.39 is 23.7 Å². The Hall–Kier alpha value is -4.55. The molecule has 182 valence electrons. The van der Waals surface area contributed by atoms with Gasteiger partial charge < -0.3 is 26.0 Å². The SMILES string of the molecule is CC(NC(=O)c1cc(C(=O)NCc2ccc(OC=O)c(N)c2)nc2c(F)cnn12)C(=O)N1CCC1. The Balaban J connectivity index is 1.53. The fraction of sp³-hybridized carbons (Fsp3) is 0.273. The second kappa shape index (κ2) is 9.75. The number of ether oxygens (including phenoxy) is 1. The summed E-state index contributed by atoms with van der Waals surface area (Å²) in [5.74, 6) is -2.27. The number of fused-ring (bicyclic) bond motifs is 1. The van der Waals surface area contributed by atoms with Crippen LogP contribution in [-0.2, 0) is 16.1 Å². The van der Waals surface area contributed by atoms with Crippen LogP contribution in [0.1, 0.15) is 39.9 Å². The van der Waals surface area contributed by atoms with Gasteiger partial charge in [-0.1, -0.05) is 6.07 Å². The van der Waals surface area contributed by atoms with Gasteiger partial charge in [0.1, 0.15) is 17.4 Å². The van der Waals surface area contributed by atoms with Crippen molar-refractivity contribution < 1.29 is 28.3 Å². The van der Waals surface area contributed by atoms with E-state index in [1.807, 2.05) is 0 Å². The number of nitrogen functional groups attached to an aromatic ring is 1. The van der Waals surface area contributed by atoms with E-state index in [2.05, 4.69) is 20.7 Å². The third-order valence-electron chi connectivity index (χ3n) is 5.48. The zero-order chi connectivity index (χ0) is 25.1. The van der Waals surface area contributed by atoms with E-state index in [1.54, 1.807) is 17.9 Å². The minimum absolute atomic E-state index is 0.0297. The zero-order valence-corrected chi connectivity index (χ0v) is 18.7. The van der Waals surface area contributed by atoms with Gasteiger partial charge in [0.25, 0.3) is 18.3 Å². The topological polar surface area (TPSA) is 161 Å². The van der Waals surface area contributed by atoms with Gasteiger partial charge in [-0.15, -0.1) is 0 Å². The maximum atomic E-state index is 14.3. The van der Waals surface area contributed by atoms with E-state index in [4.69, 9.17) is 10.5 Å². The van der Waals surface area contributed by atoms with E-state index in [0.29, 0.717) is 18.7 Å². The molecule has 1 aliphatic rings. The Bertz CT molecular complexity index is 1320. The van der Waals surface area contributed by atoms with Gasteiger partial charge in [0, 0.05) is 25.7 Å². The number of likely N-dealkylation sites (tertiary alicyclic amines) is 1. The predicted molar refractivity (Wildman–Crippen MR) is 120 cm³/mol. The van der Waals surface area contributed by atoms with Crippen LogP contribution in [0, 0.1) is 5.82 Å². The molecule has 4 rings (SSSR count). The van der Waals surface area contributed by atoms with E-state index in [0.717, 1.165) is 17.1 Å². The molecule has 3 amide bonds. The maximum absolute atomic E-state index is 14.3. The van der Waals surface area contributed by atoms with Crippen molar-refractivity contribution >= 4 is 35.5 Å². The molecule has 2 aromatic heterocycles. The number of hydrogen-bond acceptors (Lipinski definition) is 8. The molecule has 0 aliphatic carbocycles. The monoisotopic (exact) mass is 483 g/mol. The molecular formula is C22H22FN7O5. The number of rotatable bonds is 8. The summed E-state index contributed by atoms with van der Waals surface area (Å²) in [4.78, 5) is 54.1. The number of halogens is 1. The molecule has 35 heavy (non-hydrogen) atoms. The highest BCUT2D eigenvalue weighted by Crippen LogP contribution is 2.22. The number of hydrogen-bond donors (Lipinski definition) is 3. The number of amides is 3. The minimum atomic E-state index is -0.822. The highest BCUT2D eigenvalue weighted by atomic mass is 19.1. The van der Waals surface area contributed by atoms with Crippen LogP contribution in [0.25, 0.3) is 5.65 Å². The van der Waals surface area contributed by atoms with Gasteiger partial charge in [-0.25, -0.2) is 13.9 Å². The third-order valence-corrected chi connectivity index (χ3v) is 5.48. The van der Waals surface area contributed by atoms with Gasteiger partial charge in [0.05, 0.1) is 11.9 Å². The lowest BCUT2D eigenvalue weighted by molar-refractivity contribution is -0.136. The summed E-state index contributed by atoms with van der Waals surface area (Å²) in [6.45, 7) is 3.09. The molecule has 0 saturated carbocycles. The summed E-state index contributed by atoms with van der Waals surface area (Å²) < 4.78 is 19.9. The van der Waals surface area contributed by atoms with Crippen LogP contribution in [0.15, 0.2) is 30.5 Å². The molecule has 1 atom stereocenters. The fourth-order valence-electron chi connectivity index (χ4n) is 3.50. The summed E-state index contributed by atoms with van der Waals surface area (Å²) in [6, 6.07) is 4.93. The van der Waals surface area contributed by atoms with Crippen LogP contribution >= 0.6 is 0 Å². The van der Waals surface area contributed by atoms with Crippen molar-refractivity contribution in [3.63, 3.8) is 0 Å². The number of anilines is 1. The number of carbonyl (C=O) groups excluding carboxylic acids is 4. The van der Waals surface area contributed by atoms with Crippen molar-refractivity contribution in [1.82, 2.24) is 30.1 Å². The zero-order valence-electron chi connectivity index (χ0n) is 18.7. The average Bonchev–Trinajstić information content (AvgIpc) is 3.18. The fourth-order valence-corrected chi connectivity index (χ4v) is 3.50. The van der Waals surface area contributed by atoms with Crippen LogP contribution in [0.4, 0.5) is 10.1 Å². The summed E-state index contributed by atoms with van der Waals surface area (Å²) in [6.07, 6.45) is 1.78. The second-order valence-corrected chi connectivity index (χ2v) is 7.90. The molecule has 3 aromatic rings. The van der Waals surface area contributed by atoms with Crippen molar-refractivity contribution in [2.45, 2.75) is 25.9 Å². The molecule has 0 bridgehead atoms. The van der Waals surface area contributed by atoms with Crippen molar-refractivity contribution in [3.8, 4) is 5.75 Å². The molecule has 0 radical (unpaired) electrons. The Morgan fingerprint density at radius 1 is 1.26 bits per heavy atom. The van der Waals surface area contributed by atoms with Gasteiger partial charge in [0.2, 0.25) is 5.91 Å². The first-order valence-electron chi connectivity index (χ1n) is 10.7. The normalized spacial score (nSPS) is 13.6. The van der Waals surface area contributed by atoms with Crippen LogP contribution in [0.5, 0.6) is 5.75 Å². The highest BCUT2D eigenvalue weighted by Gasteiger charge is 2.28. The Morgan fingerprint density at radius 3 is 2.69 bits per heavy atom. The van der Waals surface area contributed by atoms with Crippen molar-refractivity contribution in [2.75, 3.05) is 18.8 Å². The van der Waals surface area contributed by atoms with Crippen LogP contribution in [0.3, 0.4) is 0 Å². The van der Waals surface area contributed by atoms with Gasteiger partial charge in [-0.3, -0.25) is 19.2 Å². The number of benzene rings is 1. The Labute approximate surface area is 198 Å². The lowest BCUT2D eigenvalue weighted by Crippen LogP contribution is -2.52. The number of carbonyl (C=O) groups is 4. The smallest absolute Gasteiger partial charge is 0.298 e. The maximum Gasteiger partial charge on any atom is 0.298 e. The van der Waals surface area contributed by atoms with Crippen molar-refractivity contribution in [1.29, 1.82) is 0 Å². The predicted octanol–water partition coefficient (Wildman–Crippen LogP) is 0.266. The number of nitrogens with zero attached hydrogens (tertiary/aromatic N) is 4. The van der Waals surface area contributed by atoms with E-state index in [9.17, 15) is 23.6 Å². The van der Waals surface area contributed by atoms with Gasteiger partial charge >= 0.3 is 0 Å². The molecule has 1 aliphatic heterocycles. The standard InChI is InChI=1S/C22H22FN7O5/c1-12(22(34)29-5-2-6-29)27-21(33)17-8-16(28-19-14(23)10-26-30(17)19)20(32)25-9-13-3-4-18(35-11-31)15(24)7-13/h3-4,7-8,10-12H,2,5-6,9,24H2,1H3,(H,25,32)(H,27,33). The van der Waals surface area contributed by atoms with E-state index >= 15 is 0 Å². The third kappa shape index (κ3) is 4.88. The van der Waals surface area contributed by atoms with Crippen molar-refractivity contribution in [3.05, 3.63) is 53.2 Å². The molecule has 3 heterocycles. The molecule has 1 aromatic carbocycles. The first-order chi connectivity index (χ1) is 16.8. The molecule has 4 N–H and O–H groups in total. The first kappa shape index (κ1) is 23.6. The first-order valence-corrected chi connectivity index (χ1v) is 10.7. The van der Waals surface area contributed by atoms with Crippen LogP contribution in [-0.4, -0.2) is 62.8 Å². The molecule has 13 heteroatoms. The van der Waals surface area contributed by atoms with Crippen LogP contribution in [0.2, 0.25) is 0 Å². The summed E-state index contributed by atoms with van der Waals surface area (Å²) in [5, 5.41) is 9.00. The number of nitrogens with two attached hydrogens (primary N) is 1. The molecule has 1 saturated heterocycles. The largest absolute Gasteiger partial charge is 0.427 e. The summed E-state index contributed by atoms with van der Waals surface area (Å²) in [7, 11) is 0. The molecular weight excluding hydrogens is 461 g/mol. The van der Waals surface area contributed by atoms with Gasteiger partial charge in [0.15, 0.2) is 17.2 Å². The number of nitrogens with one attached hydrogen (secondary N) is 2.